The topological polar surface area (TPSA) is 99.1 Å². The predicted molar refractivity (Wildman–Crippen MR) is 77.2 cm³/mol. The molecule has 7 nitrogen and oxygen atoms in total. The van der Waals surface area contributed by atoms with Crippen molar-refractivity contribution in [3.63, 3.8) is 0 Å². The summed E-state index contributed by atoms with van der Waals surface area (Å²) in [5.74, 6) is -0.352. The van der Waals surface area contributed by atoms with Crippen LogP contribution in [0, 0.1) is 12.7 Å². The van der Waals surface area contributed by atoms with Crippen molar-refractivity contribution in [3.8, 4) is 11.5 Å². The SMILES string of the molecule is Cc1cc2c(cc1S(=O)(=O)c1ccc(F)cc1)OC(OC(=O)O)O2. The van der Waals surface area contributed by atoms with Gasteiger partial charge in [-0.3, -0.25) is 0 Å². The summed E-state index contributed by atoms with van der Waals surface area (Å²) in [6.45, 7) is 0.0477. The molecule has 126 valence electrons. The highest BCUT2D eigenvalue weighted by Gasteiger charge is 2.31. The minimum atomic E-state index is -3.91. The van der Waals surface area contributed by atoms with E-state index in [0.29, 0.717) is 5.56 Å². The molecular weight excluding hydrogens is 343 g/mol. The molecule has 24 heavy (non-hydrogen) atoms. The Labute approximate surface area is 136 Å². The Balaban J connectivity index is 1.99. The van der Waals surface area contributed by atoms with E-state index in [9.17, 15) is 17.6 Å². The van der Waals surface area contributed by atoms with Crippen molar-refractivity contribution in [2.24, 2.45) is 0 Å². The molecule has 9 heteroatoms. The number of rotatable bonds is 3. The lowest BCUT2D eigenvalue weighted by molar-refractivity contribution is -0.147. The molecule has 0 fully saturated rings. The molecule has 0 radical (unpaired) electrons. The number of halogens is 1. The highest BCUT2D eigenvalue weighted by Crippen LogP contribution is 2.40. The average Bonchev–Trinajstić information content (AvgIpc) is 2.86. The van der Waals surface area contributed by atoms with E-state index < -0.39 is 28.3 Å². The van der Waals surface area contributed by atoms with Crippen LogP contribution in [0.2, 0.25) is 0 Å². The molecule has 0 aromatic heterocycles. The Bertz CT molecular complexity index is 906. The van der Waals surface area contributed by atoms with E-state index in [1.54, 1.807) is 6.92 Å². The molecule has 0 amide bonds. The minimum Gasteiger partial charge on any atom is -0.450 e. The number of hydrogen-bond acceptors (Lipinski definition) is 6. The van der Waals surface area contributed by atoms with E-state index in [-0.39, 0.29) is 21.3 Å². The zero-order valence-corrected chi connectivity index (χ0v) is 13.0. The van der Waals surface area contributed by atoms with Gasteiger partial charge in [-0.2, -0.15) is 0 Å². The summed E-state index contributed by atoms with van der Waals surface area (Å²) in [7, 11) is -3.91. The zero-order chi connectivity index (χ0) is 17.5. The summed E-state index contributed by atoms with van der Waals surface area (Å²) in [5.41, 5.74) is 0.359. The lowest BCUT2D eigenvalue weighted by Crippen LogP contribution is -2.24. The minimum absolute atomic E-state index is 0.0348. The number of carboxylic acid groups (broad SMARTS) is 1. The van der Waals surface area contributed by atoms with Gasteiger partial charge in [0.15, 0.2) is 11.5 Å². The van der Waals surface area contributed by atoms with Crippen molar-refractivity contribution in [1.82, 2.24) is 0 Å². The molecule has 0 saturated heterocycles. The summed E-state index contributed by atoms with van der Waals surface area (Å²) < 4.78 is 52.9. The Morgan fingerprint density at radius 3 is 2.33 bits per heavy atom. The van der Waals surface area contributed by atoms with Crippen molar-refractivity contribution in [2.75, 3.05) is 0 Å². The van der Waals surface area contributed by atoms with Gasteiger partial charge in [-0.05, 0) is 42.8 Å². The lowest BCUT2D eigenvalue weighted by Gasteiger charge is -2.09. The first-order chi connectivity index (χ1) is 11.3. The van der Waals surface area contributed by atoms with E-state index >= 15 is 0 Å². The fourth-order valence-corrected chi connectivity index (χ4v) is 3.71. The van der Waals surface area contributed by atoms with Gasteiger partial charge in [-0.25, -0.2) is 17.6 Å². The van der Waals surface area contributed by atoms with Crippen LogP contribution in [0.15, 0.2) is 46.2 Å². The molecule has 2 aromatic rings. The molecule has 0 spiro atoms. The van der Waals surface area contributed by atoms with Crippen LogP contribution in [0.5, 0.6) is 11.5 Å². The fourth-order valence-electron chi connectivity index (χ4n) is 2.22. The third kappa shape index (κ3) is 2.85. The molecule has 3 rings (SSSR count). The van der Waals surface area contributed by atoms with Gasteiger partial charge in [0, 0.05) is 6.07 Å². The van der Waals surface area contributed by atoms with Gasteiger partial charge in [0.2, 0.25) is 9.84 Å². The molecule has 1 atom stereocenters. The predicted octanol–water partition coefficient (Wildman–Crippen LogP) is 2.72. The number of benzene rings is 2. The van der Waals surface area contributed by atoms with Gasteiger partial charge in [-0.1, -0.05) is 0 Å². The van der Waals surface area contributed by atoms with Crippen LogP contribution in [-0.4, -0.2) is 26.2 Å². The Hall–Kier alpha value is -2.81. The summed E-state index contributed by atoms with van der Waals surface area (Å²) in [4.78, 5) is 10.4. The molecule has 1 unspecified atom stereocenters. The molecule has 0 bridgehead atoms. The number of sulfone groups is 1. The van der Waals surface area contributed by atoms with Crippen LogP contribution in [0.25, 0.3) is 0 Å². The summed E-state index contributed by atoms with van der Waals surface area (Å²) >= 11 is 0. The molecule has 1 aliphatic heterocycles. The van der Waals surface area contributed by atoms with Gasteiger partial charge in [0.05, 0.1) is 9.79 Å². The van der Waals surface area contributed by atoms with E-state index in [4.69, 9.17) is 14.6 Å². The average molecular weight is 354 g/mol. The zero-order valence-electron chi connectivity index (χ0n) is 12.2. The van der Waals surface area contributed by atoms with Crippen molar-refractivity contribution in [1.29, 1.82) is 0 Å². The smallest absolute Gasteiger partial charge is 0.450 e. The first-order valence-corrected chi connectivity index (χ1v) is 8.14. The van der Waals surface area contributed by atoms with Gasteiger partial charge in [0.1, 0.15) is 5.82 Å². The second kappa shape index (κ2) is 5.68. The first kappa shape index (κ1) is 16.1. The van der Waals surface area contributed by atoms with Gasteiger partial charge >= 0.3 is 12.6 Å². The van der Waals surface area contributed by atoms with Crippen LogP contribution in [0.3, 0.4) is 0 Å². The summed E-state index contributed by atoms with van der Waals surface area (Å²) in [6, 6.07) is 7.03. The lowest BCUT2D eigenvalue weighted by atomic mass is 10.2. The maximum absolute atomic E-state index is 13.0. The van der Waals surface area contributed by atoms with E-state index in [0.717, 1.165) is 24.3 Å². The molecule has 2 aromatic carbocycles. The molecule has 1 heterocycles. The van der Waals surface area contributed by atoms with Gasteiger partial charge < -0.3 is 19.3 Å². The fraction of sp³-hybridized carbons (Fsp3) is 0.133. The molecular formula is C15H11FO7S. The second-order valence-corrected chi connectivity index (χ2v) is 6.85. The van der Waals surface area contributed by atoms with Crippen LogP contribution in [0.1, 0.15) is 5.56 Å². The molecule has 1 aliphatic rings. The van der Waals surface area contributed by atoms with Crippen molar-refractivity contribution in [3.05, 3.63) is 47.8 Å². The number of fused-ring (bicyclic) bond motifs is 1. The number of carbonyl (C=O) groups is 1. The molecule has 0 aliphatic carbocycles. The third-order valence-electron chi connectivity index (χ3n) is 3.30. The van der Waals surface area contributed by atoms with Crippen molar-refractivity contribution >= 4 is 16.0 Å². The van der Waals surface area contributed by atoms with E-state index in [2.05, 4.69) is 4.74 Å². The van der Waals surface area contributed by atoms with Gasteiger partial charge in [0.25, 0.3) is 0 Å². The summed E-state index contributed by atoms with van der Waals surface area (Å²) in [5, 5.41) is 8.55. The van der Waals surface area contributed by atoms with Crippen molar-refractivity contribution in [2.45, 2.75) is 23.2 Å². The first-order valence-electron chi connectivity index (χ1n) is 6.65. The Morgan fingerprint density at radius 1 is 1.17 bits per heavy atom. The summed E-state index contributed by atoms with van der Waals surface area (Å²) in [6.07, 6.45) is -1.59. The Kier molecular flexibility index (Phi) is 3.80. The highest BCUT2D eigenvalue weighted by atomic mass is 32.2. The maximum atomic E-state index is 13.0. The second-order valence-electron chi connectivity index (χ2n) is 4.93. The van der Waals surface area contributed by atoms with Crippen molar-refractivity contribution < 1.29 is 36.9 Å². The maximum Gasteiger partial charge on any atom is 0.511 e. The van der Waals surface area contributed by atoms with Crippen LogP contribution in [-0.2, 0) is 14.6 Å². The molecule has 1 N–H and O–H groups in total. The largest absolute Gasteiger partial charge is 0.511 e. The quantitative estimate of drug-likeness (QED) is 0.668. The third-order valence-corrected chi connectivity index (χ3v) is 5.21. The number of aryl methyl sites for hydroxylation is 1. The standard InChI is InChI=1S/C15H11FO7S/c1-8-6-11-12(22-15(21-11)23-14(17)18)7-13(8)24(19,20)10-4-2-9(16)3-5-10/h2-7,15H,1H3,(H,17,18). The normalized spacial score (nSPS) is 16.0. The Morgan fingerprint density at radius 2 is 1.75 bits per heavy atom. The highest BCUT2D eigenvalue weighted by molar-refractivity contribution is 7.91. The van der Waals surface area contributed by atoms with Crippen LogP contribution < -0.4 is 9.47 Å². The van der Waals surface area contributed by atoms with E-state index in [1.807, 2.05) is 0 Å². The van der Waals surface area contributed by atoms with E-state index in [1.165, 1.54) is 12.1 Å². The van der Waals surface area contributed by atoms with Gasteiger partial charge in [-0.15, -0.1) is 0 Å². The van der Waals surface area contributed by atoms with Crippen LogP contribution in [0.4, 0.5) is 9.18 Å². The molecule has 0 saturated carbocycles. The number of hydrogen-bond donors (Lipinski definition) is 1. The monoisotopic (exact) mass is 354 g/mol. The number of ether oxygens (including phenoxy) is 3. The van der Waals surface area contributed by atoms with Crippen LogP contribution >= 0.6 is 0 Å².